The van der Waals surface area contributed by atoms with Crippen LogP contribution < -0.4 is 10.2 Å². The molecule has 0 aliphatic carbocycles. The molecule has 1 N–H and O–H groups in total. The van der Waals surface area contributed by atoms with Crippen molar-refractivity contribution in [2.45, 2.75) is 4.90 Å². The van der Waals surface area contributed by atoms with E-state index in [1.807, 2.05) is 42.5 Å². The summed E-state index contributed by atoms with van der Waals surface area (Å²) in [5, 5.41) is 3.73. The van der Waals surface area contributed by atoms with E-state index in [0.29, 0.717) is 10.8 Å². The number of hydrogen-bond donors (Lipinski definition) is 1. The number of thioether (sulfide) groups is 1. The van der Waals surface area contributed by atoms with Crippen LogP contribution in [-0.4, -0.2) is 49.8 Å². The van der Waals surface area contributed by atoms with Gasteiger partial charge < -0.3 is 15.1 Å². The first-order valence-corrected chi connectivity index (χ1v) is 9.69. The zero-order valence-corrected chi connectivity index (χ0v) is 15.8. The SMILES string of the molecule is CN1CCN(c2ccccc2NC(=O)CSc2ccccc2Cl)CC1. The van der Waals surface area contributed by atoms with Gasteiger partial charge in [0, 0.05) is 31.1 Å². The van der Waals surface area contributed by atoms with Crippen LogP contribution in [-0.2, 0) is 4.79 Å². The summed E-state index contributed by atoms with van der Waals surface area (Å²) in [6.45, 7) is 4.00. The molecule has 0 saturated carbocycles. The number of carbonyl (C=O) groups is 1. The van der Waals surface area contributed by atoms with Gasteiger partial charge in [-0.25, -0.2) is 0 Å². The first-order chi connectivity index (χ1) is 12.1. The van der Waals surface area contributed by atoms with Crippen LogP contribution in [0.25, 0.3) is 0 Å². The van der Waals surface area contributed by atoms with Crippen LogP contribution in [0.1, 0.15) is 0 Å². The van der Waals surface area contributed by atoms with Gasteiger partial charge in [-0.3, -0.25) is 4.79 Å². The summed E-state index contributed by atoms with van der Waals surface area (Å²) >= 11 is 7.60. The second-order valence-electron chi connectivity index (χ2n) is 6.07. The molecule has 0 radical (unpaired) electrons. The third-order valence-electron chi connectivity index (χ3n) is 4.22. The molecular formula is C19H22ClN3OS. The molecule has 0 unspecified atom stereocenters. The molecule has 2 aromatic rings. The maximum Gasteiger partial charge on any atom is 0.234 e. The van der Waals surface area contributed by atoms with Crippen molar-refractivity contribution in [2.75, 3.05) is 49.2 Å². The number of para-hydroxylation sites is 2. The van der Waals surface area contributed by atoms with E-state index in [9.17, 15) is 4.79 Å². The Bertz CT molecular complexity index is 732. The fraction of sp³-hybridized carbons (Fsp3) is 0.316. The Hall–Kier alpha value is -1.69. The number of nitrogens with zero attached hydrogens (tertiary/aromatic N) is 2. The number of rotatable bonds is 5. The third kappa shape index (κ3) is 4.91. The van der Waals surface area contributed by atoms with Gasteiger partial charge in [0.05, 0.1) is 22.2 Å². The van der Waals surface area contributed by atoms with Crippen molar-refractivity contribution >= 4 is 40.6 Å². The van der Waals surface area contributed by atoms with E-state index in [1.54, 1.807) is 0 Å². The van der Waals surface area contributed by atoms with E-state index < -0.39 is 0 Å². The van der Waals surface area contributed by atoms with E-state index in [0.717, 1.165) is 42.4 Å². The van der Waals surface area contributed by atoms with Gasteiger partial charge in [-0.05, 0) is 31.3 Å². The van der Waals surface area contributed by atoms with Crippen LogP contribution in [0.15, 0.2) is 53.4 Å². The highest BCUT2D eigenvalue weighted by molar-refractivity contribution is 8.00. The van der Waals surface area contributed by atoms with Crippen molar-refractivity contribution in [3.05, 3.63) is 53.6 Å². The van der Waals surface area contributed by atoms with Crippen LogP contribution in [0.4, 0.5) is 11.4 Å². The highest BCUT2D eigenvalue weighted by atomic mass is 35.5. The molecule has 0 bridgehead atoms. The maximum absolute atomic E-state index is 12.4. The first-order valence-electron chi connectivity index (χ1n) is 8.33. The van der Waals surface area contributed by atoms with Gasteiger partial charge in [0.1, 0.15) is 0 Å². The smallest absolute Gasteiger partial charge is 0.234 e. The van der Waals surface area contributed by atoms with Gasteiger partial charge in [-0.1, -0.05) is 35.9 Å². The van der Waals surface area contributed by atoms with Gasteiger partial charge in [0.25, 0.3) is 0 Å². The van der Waals surface area contributed by atoms with Gasteiger partial charge in [0.15, 0.2) is 0 Å². The Morgan fingerprint density at radius 2 is 1.76 bits per heavy atom. The molecule has 1 aliphatic rings. The summed E-state index contributed by atoms with van der Waals surface area (Å²) in [4.78, 5) is 18.0. The van der Waals surface area contributed by atoms with Crippen molar-refractivity contribution < 1.29 is 4.79 Å². The Morgan fingerprint density at radius 1 is 1.08 bits per heavy atom. The molecular weight excluding hydrogens is 354 g/mol. The lowest BCUT2D eigenvalue weighted by atomic mass is 10.2. The lowest BCUT2D eigenvalue weighted by molar-refractivity contribution is -0.113. The highest BCUT2D eigenvalue weighted by Crippen LogP contribution is 2.29. The average Bonchev–Trinajstić information content (AvgIpc) is 2.62. The van der Waals surface area contributed by atoms with Gasteiger partial charge >= 0.3 is 0 Å². The summed E-state index contributed by atoms with van der Waals surface area (Å²) in [5.74, 6) is 0.312. The molecule has 3 rings (SSSR count). The van der Waals surface area contributed by atoms with Crippen LogP contribution in [0, 0.1) is 0 Å². The standard InChI is InChI=1S/C19H22ClN3OS/c1-22-10-12-23(13-11-22)17-8-4-3-7-16(17)21-19(24)14-25-18-9-5-2-6-15(18)20/h2-9H,10-14H2,1H3,(H,21,24). The zero-order chi connectivity index (χ0) is 17.6. The molecule has 0 aromatic heterocycles. The number of benzene rings is 2. The second-order valence-corrected chi connectivity index (χ2v) is 7.50. The Labute approximate surface area is 158 Å². The Morgan fingerprint density at radius 3 is 2.52 bits per heavy atom. The third-order valence-corrected chi connectivity index (χ3v) is 5.73. The van der Waals surface area contributed by atoms with Crippen LogP contribution in [0.3, 0.4) is 0 Å². The molecule has 1 saturated heterocycles. The number of nitrogens with one attached hydrogen (secondary N) is 1. The zero-order valence-electron chi connectivity index (χ0n) is 14.2. The first kappa shape index (κ1) is 18.1. The van der Waals surface area contributed by atoms with Crippen molar-refractivity contribution in [1.29, 1.82) is 0 Å². The molecule has 2 aromatic carbocycles. The normalized spacial score (nSPS) is 15.2. The minimum Gasteiger partial charge on any atom is -0.367 e. The largest absolute Gasteiger partial charge is 0.367 e. The second kappa shape index (κ2) is 8.61. The average molecular weight is 376 g/mol. The monoisotopic (exact) mass is 375 g/mol. The lowest BCUT2D eigenvalue weighted by Crippen LogP contribution is -2.44. The summed E-state index contributed by atoms with van der Waals surface area (Å²) in [7, 11) is 2.14. The molecule has 25 heavy (non-hydrogen) atoms. The Kier molecular flexibility index (Phi) is 6.24. The minimum atomic E-state index is -0.0218. The number of anilines is 2. The van der Waals surface area contributed by atoms with E-state index in [4.69, 9.17) is 11.6 Å². The van der Waals surface area contributed by atoms with Gasteiger partial charge in [0.2, 0.25) is 5.91 Å². The fourth-order valence-corrected chi connectivity index (χ4v) is 3.83. The predicted octanol–water partition coefficient (Wildman–Crippen LogP) is 3.82. The van der Waals surface area contributed by atoms with E-state index in [2.05, 4.69) is 28.2 Å². The van der Waals surface area contributed by atoms with E-state index in [1.165, 1.54) is 11.8 Å². The molecule has 1 fully saturated rings. The topological polar surface area (TPSA) is 35.6 Å². The van der Waals surface area contributed by atoms with Crippen molar-refractivity contribution in [1.82, 2.24) is 4.90 Å². The number of likely N-dealkylation sites (N-methyl/N-ethyl adjacent to an activating group) is 1. The molecule has 1 amide bonds. The summed E-state index contributed by atoms with van der Waals surface area (Å²) in [5.41, 5.74) is 1.96. The molecule has 1 aliphatic heterocycles. The predicted molar refractivity (Wildman–Crippen MR) is 107 cm³/mol. The summed E-state index contributed by atoms with van der Waals surface area (Å²) in [6, 6.07) is 15.6. The van der Waals surface area contributed by atoms with Gasteiger partial charge in [-0.2, -0.15) is 0 Å². The van der Waals surface area contributed by atoms with Crippen LogP contribution in [0.5, 0.6) is 0 Å². The Balaban J connectivity index is 1.62. The summed E-state index contributed by atoms with van der Waals surface area (Å²) < 4.78 is 0. The fourth-order valence-electron chi connectivity index (χ4n) is 2.79. The quantitative estimate of drug-likeness (QED) is 0.806. The molecule has 132 valence electrons. The van der Waals surface area contributed by atoms with Gasteiger partial charge in [-0.15, -0.1) is 11.8 Å². The number of halogens is 1. The molecule has 4 nitrogen and oxygen atoms in total. The number of hydrogen-bond acceptors (Lipinski definition) is 4. The highest BCUT2D eigenvalue weighted by Gasteiger charge is 2.17. The number of piperazine rings is 1. The van der Waals surface area contributed by atoms with Crippen LogP contribution in [0.2, 0.25) is 5.02 Å². The maximum atomic E-state index is 12.4. The van der Waals surface area contributed by atoms with Crippen molar-refractivity contribution in [3.8, 4) is 0 Å². The lowest BCUT2D eigenvalue weighted by Gasteiger charge is -2.35. The number of carbonyl (C=O) groups excluding carboxylic acids is 1. The van der Waals surface area contributed by atoms with E-state index in [-0.39, 0.29) is 5.91 Å². The molecule has 1 heterocycles. The van der Waals surface area contributed by atoms with Crippen molar-refractivity contribution in [2.24, 2.45) is 0 Å². The number of amides is 1. The van der Waals surface area contributed by atoms with Crippen LogP contribution >= 0.6 is 23.4 Å². The van der Waals surface area contributed by atoms with Crippen molar-refractivity contribution in [3.63, 3.8) is 0 Å². The molecule has 0 atom stereocenters. The summed E-state index contributed by atoms with van der Waals surface area (Å²) in [6.07, 6.45) is 0. The minimum absolute atomic E-state index is 0.0218. The van der Waals surface area contributed by atoms with E-state index >= 15 is 0 Å². The molecule has 6 heteroatoms. The molecule has 0 spiro atoms.